The van der Waals surface area contributed by atoms with Gasteiger partial charge in [-0.15, -0.1) is 0 Å². The molecular formula is C16H17BrN2S. The second-order valence-electron chi connectivity index (χ2n) is 4.56. The summed E-state index contributed by atoms with van der Waals surface area (Å²) >= 11 is 8.60. The molecule has 2 nitrogen and oxygen atoms in total. The highest BCUT2D eigenvalue weighted by Crippen LogP contribution is 2.22. The van der Waals surface area contributed by atoms with Crippen LogP contribution < -0.4 is 10.6 Å². The lowest BCUT2D eigenvalue weighted by molar-refractivity contribution is 0.804. The molecule has 2 aromatic rings. The number of para-hydroxylation sites is 1. The van der Waals surface area contributed by atoms with Crippen LogP contribution in [0.4, 0.5) is 5.69 Å². The minimum absolute atomic E-state index is 0.554. The van der Waals surface area contributed by atoms with Crippen molar-refractivity contribution in [3.05, 3.63) is 64.6 Å². The average molecular weight is 349 g/mol. The minimum Gasteiger partial charge on any atom is -0.393 e. The van der Waals surface area contributed by atoms with Gasteiger partial charge in [-0.1, -0.05) is 64.5 Å². The van der Waals surface area contributed by atoms with Gasteiger partial charge >= 0.3 is 0 Å². The Morgan fingerprint density at radius 3 is 2.35 bits per heavy atom. The van der Waals surface area contributed by atoms with Crippen LogP contribution in [-0.2, 0) is 6.54 Å². The van der Waals surface area contributed by atoms with Crippen LogP contribution >= 0.6 is 28.1 Å². The lowest BCUT2D eigenvalue weighted by atomic mass is 10.2. The van der Waals surface area contributed by atoms with E-state index in [0.29, 0.717) is 11.4 Å². The van der Waals surface area contributed by atoms with Crippen LogP contribution in [0.2, 0.25) is 0 Å². The summed E-state index contributed by atoms with van der Waals surface area (Å²) in [6.45, 7) is 1.65. The zero-order chi connectivity index (χ0) is 14.4. The molecule has 20 heavy (non-hydrogen) atoms. The number of hydrogen-bond donors (Lipinski definition) is 1. The third kappa shape index (κ3) is 4.32. The molecular weight excluding hydrogens is 332 g/mol. The molecule has 0 bridgehead atoms. The van der Waals surface area contributed by atoms with Crippen molar-refractivity contribution in [3.63, 3.8) is 0 Å². The fourth-order valence-electron chi connectivity index (χ4n) is 2.02. The van der Waals surface area contributed by atoms with E-state index in [4.69, 9.17) is 18.0 Å². The van der Waals surface area contributed by atoms with Gasteiger partial charge in [-0.2, -0.15) is 0 Å². The van der Waals surface area contributed by atoms with Gasteiger partial charge in [0.05, 0.1) is 4.99 Å². The molecule has 2 aromatic carbocycles. The van der Waals surface area contributed by atoms with E-state index in [9.17, 15) is 0 Å². The largest absolute Gasteiger partial charge is 0.393 e. The fraction of sp³-hybridized carbons (Fsp3) is 0.188. The predicted octanol–water partition coefficient (Wildman–Crippen LogP) is 4.13. The molecule has 0 heterocycles. The molecule has 0 fully saturated rings. The molecule has 0 aliphatic rings. The maximum atomic E-state index is 5.64. The van der Waals surface area contributed by atoms with Crippen LogP contribution in [0.25, 0.3) is 0 Å². The van der Waals surface area contributed by atoms with Crippen molar-refractivity contribution in [1.29, 1.82) is 0 Å². The highest BCUT2D eigenvalue weighted by molar-refractivity contribution is 9.10. The predicted molar refractivity (Wildman–Crippen MR) is 93.0 cm³/mol. The monoisotopic (exact) mass is 348 g/mol. The molecule has 0 aliphatic carbocycles. The van der Waals surface area contributed by atoms with Crippen LogP contribution in [0.1, 0.15) is 12.0 Å². The number of anilines is 1. The van der Waals surface area contributed by atoms with E-state index < -0.39 is 0 Å². The van der Waals surface area contributed by atoms with Gasteiger partial charge in [0.1, 0.15) is 0 Å². The van der Waals surface area contributed by atoms with Crippen molar-refractivity contribution in [3.8, 4) is 0 Å². The maximum absolute atomic E-state index is 5.64. The second-order valence-corrected chi connectivity index (χ2v) is 5.94. The molecule has 104 valence electrons. The zero-order valence-electron chi connectivity index (χ0n) is 11.1. The summed E-state index contributed by atoms with van der Waals surface area (Å²) in [5.74, 6) is 0. The van der Waals surface area contributed by atoms with Crippen molar-refractivity contribution in [2.45, 2.75) is 13.0 Å². The number of thiocarbonyl (C=S) groups is 1. The second kappa shape index (κ2) is 7.41. The molecule has 0 atom stereocenters. The number of rotatable bonds is 6. The number of hydrogen-bond acceptors (Lipinski definition) is 2. The Labute approximate surface area is 133 Å². The molecule has 0 spiro atoms. The fourth-order valence-corrected chi connectivity index (χ4v) is 2.52. The van der Waals surface area contributed by atoms with E-state index in [1.807, 2.05) is 24.3 Å². The Balaban J connectivity index is 2.18. The van der Waals surface area contributed by atoms with E-state index in [1.54, 1.807) is 0 Å². The lowest BCUT2D eigenvalue weighted by Crippen LogP contribution is -2.27. The summed E-state index contributed by atoms with van der Waals surface area (Å²) in [7, 11) is 0. The first kappa shape index (κ1) is 15.0. The molecule has 0 aliphatic heterocycles. The molecule has 0 aromatic heterocycles. The first-order valence-electron chi connectivity index (χ1n) is 6.48. The van der Waals surface area contributed by atoms with Crippen LogP contribution in [0, 0.1) is 0 Å². The first-order valence-corrected chi connectivity index (χ1v) is 7.68. The Hall–Kier alpha value is -1.39. The van der Waals surface area contributed by atoms with E-state index in [2.05, 4.69) is 51.2 Å². The molecule has 2 rings (SSSR count). The molecule has 0 amide bonds. The van der Waals surface area contributed by atoms with Gasteiger partial charge < -0.3 is 10.6 Å². The van der Waals surface area contributed by atoms with Crippen LogP contribution in [0.15, 0.2) is 59.1 Å². The standard InChI is InChI=1S/C16H17BrN2S/c17-15-9-5-4-6-13(15)12-19(11-10-16(18)20)14-7-2-1-3-8-14/h1-9H,10-12H2,(H2,18,20). The van der Waals surface area contributed by atoms with Crippen molar-refractivity contribution in [2.24, 2.45) is 5.73 Å². The normalized spacial score (nSPS) is 10.2. The highest BCUT2D eigenvalue weighted by Gasteiger charge is 2.09. The average Bonchev–Trinajstić information content (AvgIpc) is 2.46. The van der Waals surface area contributed by atoms with Crippen molar-refractivity contribution >= 4 is 38.8 Å². The van der Waals surface area contributed by atoms with E-state index in [0.717, 1.165) is 17.6 Å². The number of nitrogens with two attached hydrogens (primary N) is 1. The van der Waals surface area contributed by atoms with Crippen molar-refractivity contribution in [2.75, 3.05) is 11.4 Å². The molecule has 2 N–H and O–H groups in total. The smallest absolute Gasteiger partial charge is 0.0745 e. The number of nitrogens with zero attached hydrogens (tertiary/aromatic N) is 1. The summed E-state index contributed by atoms with van der Waals surface area (Å²) in [6, 6.07) is 18.6. The topological polar surface area (TPSA) is 29.3 Å². The Bertz CT molecular complexity index is 572. The van der Waals surface area contributed by atoms with Gasteiger partial charge in [0.2, 0.25) is 0 Å². The quantitative estimate of drug-likeness (QED) is 0.795. The minimum atomic E-state index is 0.554. The van der Waals surface area contributed by atoms with Gasteiger partial charge in [-0.25, -0.2) is 0 Å². The molecule has 0 saturated carbocycles. The van der Waals surface area contributed by atoms with Crippen LogP contribution in [0.5, 0.6) is 0 Å². The van der Waals surface area contributed by atoms with Gasteiger partial charge in [-0.05, 0) is 23.8 Å². The van der Waals surface area contributed by atoms with Crippen LogP contribution in [0.3, 0.4) is 0 Å². The Kier molecular flexibility index (Phi) is 5.56. The summed E-state index contributed by atoms with van der Waals surface area (Å²) in [5, 5.41) is 0. The zero-order valence-corrected chi connectivity index (χ0v) is 13.5. The highest BCUT2D eigenvalue weighted by atomic mass is 79.9. The SMILES string of the molecule is NC(=S)CCN(Cc1ccccc1Br)c1ccccc1. The Morgan fingerprint density at radius 1 is 1.05 bits per heavy atom. The number of benzene rings is 2. The summed E-state index contributed by atoms with van der Waals surface area (Å²) in [4.78, 5) is 2.84. The van der Waals surface area contributed by atoms with Gasteiger partial charge in [0.15, 0.2) is 0 Å². The molecule has 0 saturated heterocycles. The number of halogens is 1. The third-order valence-corrected chi connectivity index (χ3v) is 4.05. The Morgan fingerprint density at radius 2 is 1.70 bits per heavy atom. The molecule has 0 radical (unpaired) electrons. The van der Waals surface area contributed by atoms with E-state index in [-0.39, 0.29) is 0 Å². The van der Waals surface area contributed by atoms with E-state index in [1.165, 1.54) is 11.3 Å². The van der Waals surface area contributed by atoms with Gasteiger partial charge in [0, 0.05) is 29.7 Å². The van der Waals surface area contributed by atoms with Crippen LogP contribution in [-0.4, -0.2) is 11.5 Å². The summed E-state index contributed by atoms with van der Waals surface area (Å²) in [5.41, 5.74) is 8.07. The third-order valence-electron chi connectivity index (χ3n) is 3.07. The van der Waals surface area contributed by atoms with Crippen molar-refractivity contribution < 1.29 is 0 Å². The van der Waals surface area contributed by atoms with Gasteiger partial charge in [0.25, 0.3) is 0 Å². The maximum Gasteiger partial charge on any atom is 0.0745 e. The first-order chi connectivity index (χ1) is 9.66. The molecule has 0 unspecified atom stereocenters. The van der Waals surface area contributed by atoms with E-state index >= 15 is 0 Å². The lowest BCUT2D eigenvalue weighted by Gasteiger charge is -2.25. The van der Waals surface area contributed by atoms with Gasteiger partial charge in [-0.3, -0.25) is 0 Å². The summed E-state index contributed by atoms with van der Waals surface area (Å²) < 4.78 is 1.12. The molecule has 4 heteroatoms. The van der Waals surface area contributed by atoms with Crippen molar-refractivity contribution in [1.82, 2.24) is 0 Å². The summed E-state index contributed by atoms with van der Waals surface area (Å²) in [6.07, 6.45) is 0.717.